The Hall–Kier alpha value is -2.37. The zero-order valence-electron chi connectivity index (χ0n) is 19.4. The van der Waals surface area contributed by atoms with Gasteiger partial charge in [-0.25, -0.2) is 13.4 Å². The molecule has 1 saturated heterocycles. The van der Waals surface area contributed by atoms with Crippen molar-refractivity contribution in [2.45, 2.75) is 43.5 Å². The smallest absolute Gasteiger partial charge is 0.267 e. The van der Waals surface area contributed by atoms with Gasteiger partial charge < -0.3 is 20.4 Å². The van der Waals surface area contributed by atoms with Crippen LogP contribution < -0.4 is 19.8 Å². The number of rotatable bonds is 7. The number of likely N-dealkylation sites (N-methyl/N-ethyl adjacent to an activating group) is 1. The monoisotopic (exact) mass is 492 g/mol. The van der Waals surface area contributed by atoms with Crippen molar-refractivity contribution < 1.29 is 13.2 Å². The number of anilines is 4. The molecule has 2 aromatic heterocycles. The van der Waals surface area contributed by atoms with Crippen LogP contribution in [-0.2, 0) is 14.8 Å². The lowest BCUT2D eigenvalue weighted by Crippen LogP contribution is -2.45. The third-order valence-electron chi connectivity index (χ3n) is 6.31. The highest BCUT2D eigenvalue weighted by molar-refractivity contribution is 7.93. The fraction of sp³-hybridized carbons (Fsp3) is 0.545. The summed E-state index contributed by atoms with van der Waals surface area (Å²) in [6.45, 7) is 5.05. The van der Waals surface area contributed by atoms with Gasteiger partial charge in [0.25, 0.3) is 10.0 Å². The van der Waals surface area contributed by atoms with Crippen LogP contribution in [0.4, 0.5) is 22.9 Å². The number of pyridine rings is 1. The fourth-order valence-electron chi connectivity index (χ4n) is 4.34. The number of thiophene rings is 1. The molecule has 1 saturated carbocycles. The molecule has 0 spiro atoms. The maximum absolute atomic E-state index is 13.4. The van der Waals surface area contributed by atoms with E-state index >= 15 is 0 Å². The van der Waals surface area contributed by atoms with Crippen LogP contribution in [0.25, 0.3) is 0 Å². The number of amides is 1. The molecule has 4 rings (SSSR count). The first-order valence-corrected chi connectivity index (χ1v) is 13.7. The molecule has 1 aliphatic heterocycles. The summed E-state index contributed by atoms with van der Waals surface area (Å²) in [4.78, 5) is 20.9. The van der Waals surface area contributed by atoms with E-state index in [-0.39, 0.29) is 10.8 Å². The predicted molar refractivity (Wildman–Crippen MR) is 134 cm³/mol. The first-order valence-electron chi connectivity index (χ1n) is 11.3. The quantitative estimate of drug-likeness (QED) is 0.613. The number of hydrogen-bond acceptors (Lipinski definition) is 8. The van der Waals surface area contributed by atoms with E-state index in [1.54, 1.807) is 17.0 Å². The van der Waals surface area contributed by atoms with Gasteiger partial charge in [0, 0.05) is 57.0 Å². The third-order valence-corrected chi connectivity index (χ3v) is 9.03. The van der Waals surface area contributed by atoms with Crippen LogP contribution in [0.3, 0.4) is 0 Å². The first kappa shape index (κ1) is 23.8. The molecule has 0 radical (unpaired) electrons. The summed E-state index contributed by atoms with van der Waals surface area (Å²) in [6, 6.07) is 2.26. The second-order valence-corrected chi connectivity index (χ2v) is 11.5. The zero-order chi connectivity index (χ0) is 23.6. The molecule has 2 aromatic rings. The van der Waals surface area contributed by atoms with Crippen molar-refractivity contribution in [3.05, 3.63) is 23.0 Å². The lowest BCUT2D eigenvalue weighted by atomic mass is 10.2. The van der Waals surface area contributed by atoms with Gasteiger partial charge >= 0.3 is 0 Å². The van der Waals surface area contributed by atoms with Crippen LogP contribution >= 0.6 is 11.3 Å². The predicted octanol–water partition coefficient (Wildman–Crippen LogP) is 3.03. The van der Waals surface area contributed by atoms with Crippen molar-refractivity contribution in [3.8, 4) is 0 Å². The summed E-state index contributed by atoms with van der Waals surface area (Å²) in [6.07, 6.45) is 6.24. The number of sulfonamides is 1. The number of carbonyl (C=O) groups is 1. The topological polar surface area (TPSA) is 97.9 Å². The van der Waals surface area contributed by atoms with E-state index in [1.807, 2.05) is 6.07 Å². The van der Waals surface area contributed by atoms with Gasteiger partial charge in [0.05, 0.1) is 23.3 Å². The fourth-order valence-corrected chi connectivity index (χ4v) is 6.77. The van der Waals surface area contributed by atoms with Crippen molar-refractivity contribution >= 4 is 50.1 Å². The average Bonchev–Trinajstić information content (AvgIpc) is 3.46. The molecule has 2 fully saturated rings. The van der Waals surface area contributed by atoms with Crippen molar-refractivity contribution in [2.24, 2.45) is 0 Å². The highest BCUT2D eigenvalue weighted by Crippen LogP contribution is 2.35. The van der Waals surface area contributed by atoms with Gasteiger partial charge in [-0.05, 0) is 26.0 Å². The molecule has 2 aliphatic rings. The molecule has 0 bridgehead atoms. The van der Waals surface area contributed by atoms with Gasteiger partial charge in [-0.3, -0.25) is 9.10 Å². The molecular formula is C22H32N6O3S2. The lowest BCUT2D eigenvalue weighted by Gasteiger charge is -2.35. The number of piperazine rings is 1. The number of carbonyl (C=O) groups excluding carboxylic acids is 1. The highest BCUT2D eigenvalue weighted by atomic mass is 32.2. The molecule has 0 aromatic carbocycles. The van der Waals surface area contributed by atoms with Gasteiger partial charge in [0.2, 0.25) is 5.91 Å². The van der Waals surface area contributed by atoms with E-state index in [4.69, 9.17) is 4.98 Å². The number of aromatic nitrogens is 1. The van der Waals surface area contributed by atoms with E-state index in [1.165, 1.54) is 42.5 Å². The molecule has 33 heavy (non-hydrogen) atoms. The number of nitrogens with zero attached hydrogens (tertiary/aromatic N) is 4. The molecule has 3 heterocycles. The Morgan fingerprint density at radius 2 is 1.85 bits per heavy atom. The van der Waals surface area contributed by atoms with Crippen LogP contribution in [0.15, 0.2) is 27.9 Å². The molecular weight excluding hydrogens is 460 g/mol. The Kier molecular flexibility index (Phi) is 7.10. The minimum Gasteiger partial charge on any atom is -0.379 e. The normalized spacial score (nSPS) is 17.8. The van der Waals surface area contributed by atoms with E-state index in [0.717, 1.165) is 50.5 Å². The molecule has 11 heteroatoms. The summed E-state index contributed by atoms with van der Waals surface area (Å²) in [5.74, 6) is 0.563. The summed E-state index contributed by atoms with van der Waals surface area (Å²) in [7, 11) is -0.233. The van der Waals surface area contributed by atoms with Crippen LogP contribution in [0.1, 0.15) is 32.6 Å². The highest BCUT2D eigenvalue weighted by Gasteiger charge is 2.28. The molecule has 180 valence electrons. The van der Waals surface area contributed by atoms with Gasteiger partial charge in [0.15, 0.2) is 5.82 Å². The van der Waals surface area contributed by atoms with Crippen LogP contribution in [0, 0.1) is 0 Å². The molecule has 0 unspecified atom stereocenters. The molecule has 0 atom stereocenters. The van der Waals surface area contributed by atoms with Gasteiger partial charge in [0.1, 0.15) is 4.90 Å². The van der Waals surface area contributed by atoms with Crippen molar-refractivity contribution in [1.82, 2.24) is 9.88 Å². The molecule has 2 N–H and O–H groups in total. The Balaban J connectivity index is 1.65. The number of hydrogen-bond donors (Lipinski definition) is 2. The summed E-state index contributed by atoms with van der Waals surface area (Å²) in [5.41, 5.74) is 1.65. The van der Waals surface area contributed by atoms with Crippen LogP contribution in [0.5, 0.6) is 0 Å². The third kappa shape index (κ3) is 5.25. The minimum absolute atomic E-state index is 0.0821. The number of nitrogens with one attached hydrogen (secondary N) is 2. The Bertz CT molecular complexity index is 1090. The van der Waals surface area contributed by atoms with E-state index in [9.17, 15) is 13.2 Å². The largest absolute Gasteiger partial charge is 0.379 e. The maximum Gasteiger partial charge on any atom is 0.267 e. The average molecular weight is 493 g/mol. The van der Waals surface area contributed by atoms with E-state index in [2.05, 4.69) is 27.5 Å². The van der Waals surface area contributed by atoms with Crippen molar-refractivity contribution in [2.75, 3.05) is 60.1 Å². The first-order chi connectivity index (χ1) is 15.8. The summed E-state index contributed by atoms with van der Waals surface area (Å²) >= 11 is 1.23. The summed E-state index contributed by atoms with van der Waals surface area (Å²) < 4.78 is 28.0. The Morgan fingerprint density at radius 1 is 1.15 bits per heavy atom. The standard InChI is InChI=1S/C22H32N6O3S2/c1-16(29)24-20-14-32-15-21(20)33(30,31)27(3)18-12-19(25-17-6-4-5-7-17)22(23-13-18)28-10-8-26(2)9-11-28/h12-15,17,25H,4-11H2,1-3H3,(H,24,29). The minimum atomic E-state index is -3.87. The van der Waals surface area contributed by atoms with Crippen molar-refractivity contribution in [3.63, 3.8) is 0 Å². The second-order valence-electron chi connectivity index (χ2n) is 8.78. The SMILES string of the molecule is CC(=O)Nc1cscc1S(=O)(=O)N(C)c1cnc(N2CCN(C)CC2)c(NC2CCCC2)c1. The van der Waals surface area contributed by atoms with Crippen LogP contribution in [-0.4, -0.2) is 70.5 Å². The van der Waals surface area contributed by atoms with Crippen LogP contribution in [0.2, 0.25) is 0 Å². The maximum atomic E-state index is 13.4. The molecule has 1 amide bonds. The molecule has 1 aliphatic carbocycles. The van der Waals surface area contributed by atoms with Gasteiger partial charge in [-0.2, -0.15) is 0 Å². The second kappa shape index (κ2) is 9.86. The Labute approximate surface area is 199 Å². The van der Waals surface area contributed by atoms with E-state index in [0.29, 0.717) is 17.4 Å². The van der Waals surface area contributed by atoms with Crippen molar-refractivity contribution in [1.29, 1.82) is 0 Å². The summed E-state index contributed by atoms with van der Waals surface area (Å²) in [5, 5.41) is 9.42. The van der Waals surface area contributed by atoms with E-state index < -0.39 is 10.0 Å². The Morgan fingerprint density at radius 3 is 2.52 bits per heavy atom. The zero-order valence-corrected chi connectivity index (χ0v) is 21.0. The molecule has 9 nitrogen and oxygen atoms in total. The van der Waals surface area contributed by atoms with Gasteiger partial charge in [-0.15, -0.1) is 11.3 Å². The lowest BCUT2D eigenvalue weighted by molar-refractivity contribution is -0.114. The van der Waals surface area contributed by atoms with Gasteiger partial charge in [-0.1, -0.05) is 12.8 Å².